The van der Waals surface area contributed by atoms with Crippen LogP contribution in [0.5, 0.6) is 0 Å². The zero-order chi connectivity index (χ0) is 22.6. The van der Waals surface area contributed by atoms with E-state index in [0.29, 0.717) is 24.7 Å². The van der Waals surface area contributed by atoms with Crippen molar-refractivity contribution in [2.45, 2.75) is 50.2 Å². The monoisotopic (exact) mass is 445 g/mol. The number of piperazine rings is 1. The number of nitriles is 1. The molecular weight excluding hydrogens is 414 g/mol. The predicted molar refractivity (Wildman–Crippen MR) is 126 cm³/mol. The molecular formula is C25H31N7O. The number of hydrogen-bond acceptors (Lipinski definition) is 6. The van der Waals surface area contributed by atoms with Gasteiger partial charge >= 0.3 is 0 Å². The van der Waals surface area contributed by atoms with Crippen LogP contribution in [0.1, 0.15) is 32.1 Å². The fourth-order valence-corrected chi connectivity index (χ4v) is 6.43. The number of ether oxygens (including phenoxy) is 1. The van der Waals surface area contributed by atoms with Crippen LogP contribution in [0, 0.1) is 16.7 Å². The summed E-state index contributed by atoms with van der Waals surface area (Å²) in [5, 5.41) is 18.6. The van der Waals surface area contributed by atoms with Gasteiger partial charge in [0.05, 0.1) is 28.9 Å². The molecule has 6 rings (SSSR count). The minimum atomic E-state index is -0.177. The highest BCUT2D eigenvalue weighted by atomic mass is 16.5. The Morgan fingerprint density at radius 2 is 1.91 bits per heavy atom. The summed E-state index contributed by atoms with van der Waals surface area (Å²) in [6.45, 7) is 2.76. The molecule has 1 aliphatic carbocycles. The van der Waals surface area contributed by atoms with Crippen molar-refractivity contribution in [3.8, 4) is 17.2 Å². The Balaban J connectivity index is 1.21. The number of aromatic nitrogens is 4. The minimum absolute atomic E-state index is 0.177. The Morgan fingerprint density at radius 1 is 1.12 bits per heavy atom. The van der Waals surface area contributed by atoms with Crippen LogP contribution in [0.3, 0.4) is 0 Å². The number of rotatable bonds is 6. The van der Waals surface area contributed by atoms with Gasteiger partial charge in [-0.25, -0.2) is 4.52 Å². The topological polar surface area (TPSA) is 74.6 Å². The van der Waals surface area contributed by atoms with Crippen molar-refractivity contribution in [1.82, 2.24) is 24.3 Å². The number of fused-ring (bicyclic) bond motifs is 3. The lowest BCUT2D eigenvalue weighted by Crippen LogP contribution is -2.62. The van der Waals surface area contributed by atoms with E-state index >= 15 is 0 Å². The Morgan fingerprint density at radius 3 is 2.58 bits per heavy atom. The van der Waals surface area contributed by atoms with Gasteiger partial charge < -0.3 is 9.64 Å². The molecule has 2 atom stereocenters. The van der Waals surface area contributed by atoms with Crippen molar-refractivity contribution in [2.24, 2.45) is 12.5 Å². The molecule has 3 aromatic heterocycles. The van der Waals surface area contributed by atoms with Crippen LogP contribution in [0.15, 0.2) is 36.9 Å². The average Bonchev–Trinajstić information content (AvgIpc) is 3.48. The van der Waals surface area contributed by atoms with Crippen molar-refractivity contribution in [3.05, 3.63) is 36.9 Å². The van der Waals surface area contributed by atoms with Crippen LogP contribution in [0.25, 0.3) is 16.6 Å². The molecule has 8 heteroatoms. The highest BCUT2D eigenvalue weighted by Gasteiger charge is 2.52. The Kier molecular flexibility index (Phi) is 4.93. The predicted octanol–water partition coefficient (Wildman–Crippen LogP) is 3.10. The lowest BCUT2D eigenvalue weighted by Gasteiger charge is -2.53. The highest BCUT2D eigenvalue weighted by molar-refractivity contribution is 5.79. The number of hydrogen-bond donors (Lipinski definition) is 0. The maximum absolute atomic E-state index is 9.76. The first-order valence-electron chi connectivity index (χ1n) is 12.0. The maximum Gasteiger partial charge on any atom is 0.0886 e. The van der Waals surface area contributed by atoms with Crippen molar-refractivity contribution in [1.29, 1.82) is 5.26 Å². The van der Waals surface area contributed by atoms with Crippen LogP contribution < -0.4 is 4.90 Å². The van der Waals surface area contributed by atoms with E-state index in [4.69, 9.17) is 4.74 Å². The van der Waals surface area contributed by atoms with Crippen molar-refractivity contribution >= 4 is 11.2 Å². The Bertz CT molecular complexity index is 1190. The summed E-state index contributed by atoms with van der Waals surface area (Å²) < 4.78 is 9.08. The van der Waals surface area contributed by atoms with Gasteiger partial charge in [-0.1, -0.05) is 0 Å². The van der Waals surface area contributed by atoms with Crippen molar-refractivity contribution < 1.29 is 4.74 Å². The molecule has 0 amide bonds. The third-order valence-electron chi connectivity index (χ3n) is 8.10. The largest absolute Gasteiger partial charge is 0.385 e. The third-order valence-corrected chi connectivity index (χ3v) is 8.10. The standard InChI is InChI=1S/C25H31N7O/c1-29-13-19(12-28-29)18-9-24-23(5-7-27-31(24)14-18)30-15-20-3-4-21(16-30)32(20)22-10-25(11-22,17-26)6-8-33-2/h5,7,9,12-14,20-22H,3-4,6,8,10-11,15-16H2,1-2H3/t20-,21-,22?,25?/m0/s1. The second kappa shape index (κ2) is 7.86. The number of anilines is 1. The first-order valence-corrected chi connectivity index (χ1v) is 12.0. The summed E-state index contributed by atoms with van der Waals surface area (Å²) in [6, 6.07) is 8.67. The lowest BCUT2D eigenvalue weighted by molar-refractivity contribution is -0.0146. The van der Waals surface area contributed by atoms with Crippen LogP contribution in [-0.2, 0) is 11.8 Å². The Hall–Kier alpha value is -2.89. The van der Waals surface area contributed by atoms with Gasteiger partial charge in [0.25, 0.3) is 0 Å². The summed E-state index contributed by atoms with van der Waals surface area (Å²) in [5.41, 5.74) is 4.48. The van der Waals surface area contributed by atoms with E-state index in [-0.39, 0.29) is 5.41 Å². The van der Waals surface area contributed by atoms with Gasteiger partial charge in [0.2, 0.25) is 0 Å². The second-order valence-electron chi connectivity index (χ2n) is 10.1. The molecule has 0 radical (unpaired) electrons. The molecule has 0 unspecified atom stereocenters. The van der Waals surface area contributed by atoms with Crippen LogP contribution in [0.2, 0.25) is 0 Å². The Labute approximate surface area is 194 Å². The van der Waals surface area contributed by atoms with E-state index in [1.165, 1.54) is 18.5 Å². The molecule has 2 aliphatic heterocycles. The molecule has 3 fully saturated rings. The van der Waals surface area contributed by atoms with Gasteiger partial charge in [0.15, 0.2) is 0 Å². The van der Waals surface area contributed by atoms with Gasteiger partial charge in [-0.15, -0.1) is 0 Å². The van der Waals surface area contributed by atoms with E-state index in [2.05, 4.69) is 44.4 Å². The van der Waals surface area contributed by atoms with Crippen LogP contribution in [-0.4, -0.2) is 69.2 Å². The molecule has 8 nitrogen and oxygen atoms in total. The zero-order valence-electron chi connectivity index (χ0n) is 19.4. The van der Waals surface area contributed by atoms with E-state index in [1.807, 2.05) is 34.8 Å². The lowest BCUT2D eigenvalue weighted by atomic mass is 9.63. The molecule has 1 saturated carbocycles. The maximum atomic E-state index is 9.76. The second-order valence-corrected chi connectivity index (χ2v) is 10.1. The number of methoxy groups -OCH3 is 1. The quantitative estimate of drug-likeness (QED) is 0.581. The van der Waals surface area contributed by atoms with Crippen molar-refractivity contribution in [3.63, 3.8) is 0 Å². The van der Waals surface area contributed by atoms with E-state index in [1.54, 1.807) is 7.11 Å². The fraction of sp³-hybridized carbons (Fsp3) is 0.560. The van der Waals surface area contributed by atoms with Gasteiger partial charge in [-0.2, -0.15) is 15.5 Å². The van der Waals surface area contributed by atoms with Crippen LogP contribution in [0.4, 0.5) is 5.69 Å². The first-order chi connectivity index (χ1) is 16.1. The van der Waals surface area contributed by atoms with Gasteiger partial charge in [0, 0.05) is 81.7 Å². The van der Waals surface area contributed by atoms with E-state index < -0.39 is 0 Å². The number of aryl methyl sites for hydroxylation is 1. The van der Waals surface area contributed by atoms with Gasteiger partial charge in [0.1, 0.15) is 0 Å². The summed E-state index contributed by atoms with van der Waals surface area (Å²) in [6.07, 6.45) is 13.3. The fourth-order valence-electron chi connectivity index (χ4n) is 6.43. The number of nitrogens with zero attached hydrogens (tertiary/aromatic N) is 7. The molecule has 2 saturated heterocycles. The molecule has 3 aliphatic rings. The average molecular weight is 446 g/mol. The third kappa shape index (κ3) is 3.42. The summed E-state index contributed by atoms with van der Waals surface area (Å²) in [5.74, 6) is 0. The summed E-state index contributed by atoms with van der Waals surface area (Å²) in [7, 11) is 3.67. The van der Waals surface area contributed by atoms with Gasteiger partial charge in [-0.3, -0.25) is 9.58 Å². The molecule has 0 aromatic carbocycles. The first kappa shape index (κ1) is 20.7. The molecule has 2 bridgehead atoms. The van der Waals surface area contributed by atoms with E-state index in [9.17, 15) is 5.26 Å². The molecule has 3 aromatic rings. The summed E-state index contributed by atoms with van der Waals surface area (Å²) in [4.78, 5) is 5.32. The SMILES string of the molecule is COCCC1(C#N)CC(N2[C@H]3CC[C@H]2CN(c2ccnn4cc(-c5cnn(C)c5)cc24)C3)C1. The van der Waals surface area contributed by atoms with Crippen LogP contribution >= 0.6 is 0 Å². The molecule has 0 spiro atoms. The molecule has 172 valence electrons. The normalized spacial score (nSPS) is 29.4. The van der Waals surface area contributed by atoms with Gasteiger partial charge in [-0.05, 0) is 44.2 Å². The molecule has 33 heavy (non-hydrogen) atoms. The highest BCUT2D eigenvalue weighted by Crippen LogP contribution is 2.50. The zero-order valence-corrected chi connectivity index (χ0v) is 19.4. The smallest absolute Gasteiger partial charge is 0.0886 e. The van der Waals surface area contributed by atoms with E-state index in [0.717, 1.165) is 49.0 Å². The minimum Gasteiger partial charge on any atom is -0.385 e. The van der Waals surface area contributed by atoms with Crippen molar-refractivity contribution in [2.75, 3.05) is 31.7 Å². The summed E-state index contributed by atoms with van der Waals surface area (Å²) >= 11 is 0. The molecule has 5 heterocycles. The molecule has 0 N–H and O–H groups in total.